The van der Waals surface area contributed by atoms with E-state index in [0.29, 0.717) is 11.8 Å². The van der Waals surface area contributed by atoms with Gasteiger partial charge in [0.1, 0.15) is 11.5 Å². The van der Waals surface area contributed by atoms with Crippen molar-refractivity contribution in [3.8, 4) is 11.3 Å². The molecule has 3 aromatic rings. The Morgan fingerprint density at radius 3 is 2.42 bits per heavy atom. The van der Waals surface area contributed by atoms with Gasteiger partial charge in [0.05, 0.1) is 26.2 Å². The van der Waals surface area contributed by atoms with Crippen LogP contribution in [0.15, 0.2) is 63.9 Å². The van der Waals surface area contributed by atoms with Crippen molar-refractivity contribution in [2.45, 2.75) is 6.18 Å². The number of benzene rings is 2. The van der Waals surface area contributed by atoms with E-state index in [1.165, 1.54) is 24.3 Å². The maximum atomic E-state index is 13.1. The quantitative estimate of drug-likeness (QED) is 0.361. The number of rotatable bonds is 3. The van der Waals surface area contributed by atoms with Gasteiger partial charge in [0.2, 0.25) is 0 Å². The van der Waals surface area contributed by atoms with Gasteiger partial charge < -0.3 is 4.42 Å². The molecule has 0 saturated carbocycles. The van der Waals surface area contributed by atoms with Gasteiger partial charge in [-0.1, -0.05) is 35.3 Å². The molecule has 0 radical (unpaired) electrons. The molecule has 0 unspecified atom stereocenters. The zero-order chi connectivity index (χ0) is 22.3. The summed E-state index contributed by atoms with van der Waals surface area (Å²) in [6.07, 6.45) is -3.26. The van der Waals surface area contributed by atoms with Crippen LogP contribution in [0.25, 0.3) is 17.4 Å². The highest BCUT2D eigenvalue weighted by Gasteiger charge is 2.37. The van der Waals surface area contributed by atoms with E-state index < -0.39 is 27.9 Å². The summed E-state index contributed by atoms with van der Waals surface area (Å²) in [5.74, 6) is -0.228. The number of carbonyl (C=O) groups excluding carboxylic acids is 2. The second-order valence-electron chi connectivity index (χ2n) is 6.36. The average Bonchev–Trinajstić information content (AvgIpc) is 3.27. The van der Waals surface area contributed by atoms with Crippen LogP contribution in [-0.2, 0) is 11.0 Å². The normalized spacial score (nSPS) is 15.9. The Hall–Kier alpha value is -2.68. The standard InChI is InChI=1S/C21H10Cl2F3NO3S/c22-14-7-5-11(9-13(14)21(24,25)26)17-8-6-12(30-17)10-18-19(28)27(20(29)31-18)16-4-2-1-3-15(16)23/h1-10H/b18-10-. The molecule has 0 aliphatic carbocycles. The predicted molar refractivity (Wildman–Crippen MR) is 114 cm³/mol. The van der Waals surface area contributed by atoms with Crippen LogP contribution in [0.3, 0.4) is 0 Å². The number of nitrogens with zero attached hydrogens (tertiary/aromatic N) is 1. The largest absolute Gasteiger partial charge is 0.457 e. The average molecular weight is 484 g/mol. The first-order valence-corrected chi connectivity index (χ1v) is 10.2. The van der Waals surface area contributed by atoms with E-state index in [1.54, 1.807) is 24.3 Å². The summed E-state index contributed by atoms with van der Waals surface area (Å²) in [6.45, 7) is 0. The summed E-state index contributed by atoms with van der Waals surface area (Å²) in [6, 6.07) is 12.8. The molecule has 0 spiro atoms. The van der Waals surface area contributed by atoms with Gasteiger partial charge in [-0.05, 0) is 54.2 Å². The lowest BCUT2D eigenvalue weighted by atomic mass is 10.1. The van der Waals surface area contributed by atoms with Crippen molar-refractivity contribution in [1.82, 2.24) is 0 Å². The number of alkyl halides is 3. The number of amides is 2. The van der Waals surface area contributed by atoms with Crippen molar-refractivity contribution in [2.24, 2.45) is 0 Å². The fraction of sp³-hybridized carbons (Fsp3) is 0.0476. The van der Waals surface area contributed by atoms with Gasteiger partial charge in [0.25, 0.3) is 11.1 Å². The minimum absolute atomic E-state index is 0.0953. The number of para-hydroxylation sites is 1. The first kappa shape index (κ1) is 21.5. The van der Waals surface area contributed by atoms with Gasteiger partial charge in [-0.25, -0.2) is 4.90 Å². The molecule has 1 saturated heterocycles. The summed E-state index contributed by atoms with van der Waals surface area (Å²) in [5, 5.41) is -0.700. The molecular formula is C21H10Cl2F3NO3S. The van der Waals surface area contributed by atoms with Crippen LogP contribution in [0.5, 0.6) is 0 Å². The van der Waals surface area contributed by atoms with Gasteiger partial charge in [0, 0.05) is 11.6 Å². The zero-order valence-electron chi connectivity index (χ0n) is 15.2. The highest BCUT2D eigenvalue weighted by Crippen LogP contribution is 2.40. The fourth-order valence-corrected chi connectivity index (χ4v) is 4.18. The van der Waals surface area contributed by atoms with Crippen LogP contribution in [0, 0.1) is 0 Å². The highest BCUT2D eigenvalue weighted by atomic mass is 35.5. The Morgan fingerprint density at radius 2 is 1.71 bits per heavy atom. The molecule has 1 aliphatic heterocycles. The maximum Gasteiger partial charge on any atom is 0.417 e. The first-order chi connectivity index (χ1) is 14.6. The van der Waals surface area contributed by atoms with Crippen molar-refractivity contribution in [3.05, 3.63) is 80.9 Å². The topological polar surface area (TPSA) is 50.5 Å². The molecule has 2 heterocycles. The SMILES string of the molecule is O=C1S/C(=C\c2ccc(-c3ccc(Cl)c(C(F)(F)F)c3)o2)C(=O)N1c1ccccc1Cl. The van der Waals surface area contributed by atoms with E-state index in [0.717, 1.165) is 17.0 Å². The Morgan fingerprint density at radius 1 is 0.968 bits per heavy atom. The van der Waals surface area contributed by atoms with Crippen LogP contribution in [0.4, 0.5) is 23.7 Å². The number of hydrogen-bond donors (Lipinski definition) is 0. The lowest BCUT2D eigenvalue weighted by molar-refractivity contribution is -0.137. The monoisotopic (exact) mass is 483 g/mol. The third-order valence-electron chi connectivity index (χ3n) is 4.34. The molecule has 1 aliphatic rings. The second kappa shape index (κ2) is 8.11. The van der Waals surface area contributed by atoms with Crippen molar-refractivity contribution < 1.29 is 27.2 Å². The van der Waals surface area contributed by atoms with Crippen LogP contribution in [-0.4, -0.2) is 11.1 Å². The van der Waals surface area contributed by atoms with Crippen molar-refractivity contribution in [2.75, 3.05) is 4.90 Å². The number of halogens is 5. The summed E-state index contributed by atoms with van der Waals surface area (Å²) in [5.41, 5.74) is -0.554. The van der Waals surface area contributed by atoms with Crippen LogP contribution >= 0.6 is 35.0 Å². The van der Waals surface area contributed by atoms with Crippen molar-refractivity contribution >= 4 is 57.9 Å². The van der Waals surface area contributed by atoms with E-state index in [4.69, 9.17) is 27.6 Å². The van der Waals surface area contributed by atoms with E-state index in [2.05, 4.69) is 0 Å². The Labute approximate surface area is 188 Å². The summed E-state index contributed by atoms with van der Waals surface area (Å²) >= 11 is 12.4. The van der Waals surface area contributed by atoms with Crippen LogP contribution in [0.1, 0.15) is 11.3 Å². The fourth-order valence-electron chi connectivity index (χ4n) is 2.92. The van der Waals surface area contributed by atoms with Gasteiger partial charge in [0.15, 0.2) is 0 Å². The molecule has 0 bridgehead atoms. The summed E-state index contributed by atoms with van der Waals surface area (Å²) < 4.78 is 44.9. The zero-order valence-corrected chi connectivity index (χ0v) is 17.6. The number of furan rings is 1. The number of carbonyl (C=O) groups is 2. The first-order valence-electron chi connectivity index (χ1n) is 8.64. The smallest absolute Gasteiger partial charge is 0.417 e. The molecule has 2 amide bonds. The summed E-state index contributed by atoms with van der Waals surface area (Å²) in [7, 11) is 0. The van der Waals surface area contributed by atoms with Crippen LogP contribution < -0.4 is 4.90 Å². The third kappa shape index (κ3) is 4.23. The lowest BCUT2D eigenvalue weighted by Gasteiger charge is -2.13. The summed E-state index contributed by atoms with van der Waals surface area (Å²) in [4.78, 5) is 26.1. The highest BCUT2D eigenvalue weighted by molar-refractivity contribution is 8.19. The molecule has 1 aromatic heterocycles. The van der Waals surface area contributed by atoms with Gasteiger partial charge in [-0.15, -0.1) is 0 Å². The minimum atomic E-state index is -4.61. The molecule has 0 atom stereocenters. The molecule has 1 fully saturated rings. The molecule has 4 nitrogen and oxygen atoms in total. The Balaban J connectivity index is 1.63. The van der Waals surface area contributed by atoms with E-state index >= 15 is 0 Å². The number of hydrogen-bond acceptors (Lipinski definition) is 4. The van der Waals surface area contributed by atoms with E-state index in [-0.39, 0.29) is 32.7 Å². The van der Waals surface area contributed by atoms with Crippen LogP contribution in [0.2, 0.25) is 10.0 Å². The van der Waals surface area contributed by atoms with Gasteiger partial charge in [-0.2, -0.15) is 13.2 Å². The third-order valence-corrected chi connectivity index (χ3v) is 5.86. The molecular weight excluding hydrogens is 474 g/mol. The van der Waals surface area contributed by atoms with Gasteiger partial charge in [-0.3, -0.25) is 9.59 Å². The number of imide groups is 1. The maximum absolute atomic E-state index is 13.1. The van der Waals surface area contributed by atoms with Crippen molar-refractivity contribution in [3.63, 3.8) is 0 Å². The molecule has 10 heteroatoms. The molecule has 31 heavy (non-hydrogen) atoms. The minimum Gasteiger partial charge on any atom is -0.457 e. The lowest BCUT2D eigenvalue weighted by Crippen LogP contribution is -2.27. The Kier molecular flexibility index (Phi) is 5.63. The van der Waals surface area contributed by atoms with E-state index in [1.807, 2.05) is 0 Å². The molecule has 2 aromatic carbocycles. The molecule has 4 rings (SSSR count). The van der Waals surface area contributed by atoms with Crippen molar-refractivity contribution in [1.29, 1.82) is 0 Å². The second-order valence-corrected chi connectivity index (χ2v) is 8.17. The van der Waals surface area contributed by atoms with Gasteiger partial charge >= 0.3 is 6.18 Å². The number of thioether (sulfide) groups is 1. The van der Waals surface area contributed by atoms with E-state index in [9.17, 15) is 22.8 Å². The molecule has 0 N–H and O–H groups in total. The predicted octanol–water partition coefficient (Wildman–Crippen LogP) is 7.51. The number of anilines is 1. The Bertz CT molecular complexity index is 1240. The molecule has 158 valence electrons.